The van der Waals surface area contributed by atoms with Crippen molar-refractivity contribution in [2.24, 2.45) is 0 Å². The molecule has 3 aromatic carbocycles. The molecule has 4 aromatic rings. The second kappa shape index (κ2) is 10.6. The Bertz CT molecular complexity index is 1300. The third-order valence-corrected chi connectivity index (χ3v) is 7.57. The molecule has 2 atom stereocenters. The van der Waals surface area contributed by atoms with E-state index in [0.29, 0.717) is 36.8 Å². The molecule has 2 unspecified atom stereocenters. The molecule has 1 aromatic heterocycles. The van der Waals surface area contributed by atoms with E-state index in [9.17, 15) is 9.90 Å². The monoisotopic (exact) mass is 504 g/mol. The third-order valence-electron chi connectivity index (χ3n) is 6.48. The predicted molar refractivity (Wildman–Crippen MR) is 139 cm³/mol. The molecule has 0 radical (unpaired) electrons. The van der Waals surface area contributed by atoms with Crippen molar-refractivity contribution in [2.45, 2.75) is 31.5 Å². The summed E-state index contributed by atoms with van der Waals surface area (Å²) in [6, 6.07) is 20.7. The van der Waals surface area contributed by atoms with Gasteiger partial charge in [-0.1, -0.05) is 42.5 Å². The molecular formula is C28H28N2O5S. The van der Waals surface area contributed by atoms with Crippen LogP contribution in [-0.2, 0) is 11.4 Å². The Morgan fingerprint density at radius 3 is 2.44 bits per heavy atom. The van der Waals surface area contributed by atoms with E-state index in [1.54, 1.807) is 25.6 Å². The Hall–Kier alpha value is -3.62. The lowest BCUT2D eigenvalue weighted by Crippen LogP contribution is -2.39. The number of para-hydroxylation sites is 1. The van der Waals surface area contributed by atoms with E-state index < -0.39 is 12.0 Å². The molecule has 7 nitrogen and oxygen atoms in total. The molecule has 0 aliphatic carbocycles. The number of ether oxygens (including phenoxy) is 3. The molecule has 0 bridgehead atoms. The van der Waals surface area contributed by atoms with Crippen LogP contribution in [0.15, 0.2) is 66.7 Å². The number of hydrogen-bond acceptors (Lipinski definition) is 7. The van der Waals surface area contributed by atoms with E-state index in [1.165, 1.54) is 0 Å². The number of carboxylic acids is 1. The Kier molecular flexibility index (Phi) is 7.06. The van der Waals surface area contributed by atoms with Crippen LogP contribution in [0.4, 0.5) is 0 Å². The molecule has 0 amide bonds. The molecular weight excluding hydrogens is 476 g/mol. The zero-order chi connectivity index (χ0) is 25.1. The summed E-state index contributed by atoms with van der Waals surface area (Å²) in [4.78, 5) is 19.1. The van der Waals surface area contributed by atoms with Crippen molar-refractivity contribution in [1.29, 1.82) is 0 Å². The van der Waals surface area contributed by atoms with Gasteiger partial charge in [-0.2, -0.15) is 0 Å². The van der Waals surface area contributed by atoms with E-state index in [-0.39, 0.29) is 6.04 Å². The van der Waals surface area contributed by atoms with Crippen LogP contribution in [0.5, 0.6) is 17.2 Å². The van der Waals surface area contributed by atoms with Crippen molar-refractivity contribution >= 4 is 27.5 Å². The fourth-order valence-electron chi connectivity index (χ4n) is 4.78. The molecule has 2 heterocycles. The van der Waals surface area contributed by atoms with E-state index in [0.717, 1.165) is 32.8 Å². The number of nitrogens with zero attached hydrogens (tertiary/aromatic N) is 2. The molecule has 8 heteroatoms. The van der Waals surface area contributed by atoms with E-state index in [4.69, 9.17) is 19.2 Å². The van der Waals surface area contributed by atoms with Gasteiger partial charge in [0, 0.05) is 6.54 Å². The smallest absolute Gasteiger partial charge is 0.320 e. The summed E-state index contributed by atoms with van der Waals surface area (Å²) in [5.74, 6) is 0.738. The molecule has 5 rings (SSSR count). The standard InChI is InChI=1S/C28H28N2O5S/c1-33-22-15-19(16-23(34-2)26(22)35-17-18-9-4-3-5-10-18)25(30-14-8-12-21(30)28(31)32)27-29-20-11-6-7-13-24(20)36-27/h3-7,9-11,13,15-16,21,25H,8,12,14,17H2,1-2H3,(H,31,32). The summed E-state index contributed by atoms with van der Waals surface area (Å²) in [5.41, 5.74) is 2.78. The molecule has 1 N–H and O–H groups in total. The Morgan fingerprint density at radius 1 is 1.08 bits per heavy atom. The highest BCUT2D eigenvalue weighted by molar-refractivity contribution is 7.18. The van der Waals surface area contributed by atoms with Gasteiger partial charge in [0.2, 0.25) is 5.75 Å². The van der Waals surface area contributed by atoms with Gasteiger partial charge in [-0.25, -0.2) is 4.98 Å². The Balaban J connectivity index is 1.59. The van der Waals surface area contributed by atoms with E-state index >= 15 is 0 Å². The van der Waals surface area contributed by atoms with Gasteiger partial charge in [0.05, 0.1) is 30.5 Å². The van der Waals surface area contributed by atoms with Gasteiger partial charge in [-0.05, 0) is 48.2 Å². The average Bonchev–Trinajstić information content (AvgIpc) is 3.55. The number of carboxylic acid groups (broad SMARTS) is 1. The number of hydrogen-bond donors (Lipinski definition) is 1. The Morgan fingerprint density at radius 2 is 1.78 bits per heavy atom. The van der Waals surface area contributed by atoms with Gasteiger partial charge in [-0.3, -0.25) is 9.69 Å². The number of fused-ring (bicyclic) bond motifs is 1. The fourth-order valence-corrected chi connectivity index (χ4v) is 5.89. The number of likely N-dealkylation sites (tertiary alicyclic amines) is 1. The minimum absolute atomic E-state index is 0.363. The van der Waals surface area contributed by atoms with Crippen LogP contribution < -0.4 is 14.2 Å². The van der Waals surface area contributed by atoms with Gasteiger partial charge >= 0.3 is 5.97 Å². The van der Waals surface area contributed by atoms with E-state index in [1.807, 2.05) is 71.6 Å². The second-order valence-electron chi connectivity index (χ2n) is 8.69. The lowest BCUT2D eigenvalue weighted by molar-refractivity contribution is -0.142. The molecule has 0 spiro atoms. The maximum absolute atomic E-state index is 12.1. The van der Waals surface area contributed by atoms with Gasteiger partial charge in [0.1, 0.15) is 17.7 Å². The van der Waals surface area contributed by atoms with Gasteiger partial charge in [0.15, 0.2) is 11.5 Å². The number of thiazole rings is 1. The number of benzene rings is 3. The minimum atomic E-state index is -0.819. The predicted octanol–water partition coefficient (Wildman–Crippen LogP) is 5.53. The summed E-state index contributed by atoms with van der Waals surface area (Å²) in [6.07, 6.45) is 1.41. The largest absolute Gasteiger partial charge is 0.493 e. The molecule has 1 saturated heterocycles. The van der Waals surface area contributed by atoms with Gasteiger partial charge < -0.3 is 19.3 Å². The SMILES string of the molecule is COc1cc(C(c2nc3ccccc3s2)N2CCCC2C(=O)O)cc(OC)c1OCc1ccccc1. The minimum Gasteiger partial charge on any atom is -0.493 e. The van der Waals surface area contributed by atoms with E-state index in [2.05, 4.69) is 0 Å². The first-order valence-electron chi connectivity index (χ1n) is 11.9. The van der Waals surface area contributed by atoms with Crippen LogP contribution in [0.1, 0.15) is 35.0 Å². The van der Waals surface area contributed by atoms with Crippen molar-refractivity contribution in [3.8, 4) is 17.2 Å². The van der Waals surface area contributed by atoms with Crippen molar-refractivity contribution in [3.05, 3.63) is 82.9 Å². The number of methoxy groups -OCH3 is 2. The van der Waals surface area contributed by atoms with Crippen molar-refractivity contribution in [1.82, 2.24) is 9.88 Å². The summed E-state index contributed by atoms with van der Waals surface area (Å²) in [7, 11) is 3.19. The quantitative estimate of drug-likeness (QED) is 0.321. The molecule has 1 aliphatic rings. The number of rotatable bonds is 9. The third kappa shape index (κ3) is 4.74. The van der Waals surface area contributed by atoms with Crippen LogP contribution in [-0.4, -0.2) is 47.8 Å². The molecule has 36 heavy (non-hydrogen) atoms. The first kappa shape index (κ1) is 24.1. The van der Waals surface area contributed by atoms with Crippen molar-refractivity contribution < 1.29 is 24.1 Å². The zero-order valence-corrected chi connectivity index (χ0v) is 21.0. The summed E-state index contributed by atoms with van der Waals surface area (Å²) < 4.78 is 18.7. The van der Waals surface area contributed by atoms with Gasteiger partial charge in [-0.15, -0.1) is 11.3 Å². The average molecular weight is 505 g/mol. The summed E-state index contributed by atoms with van der Waals surface area (Å²) >= 11 is 1.58. The maximum atomic E-state index is 12.1. The Labute approximate surface area is 213 Å². The van der Waals surface area contributed by atoms with Crippen molar-refractivity contribution in [2.75, 3.05) is 20.8 Å². The lowest BCUT2D eigenvalue weighted by atomic mass is 10.0. The lowest BCUT2D eigenvalue weighted by Gasteiger charge is -2.31. The summed E-state index contributed by atoms with van der Waals surface area (Å²) in [5, 5.41) is 10.8. The summed E-state index contributed by atoms with van der Waals surface area (Å²) in [6.45, 7) is 1.02. The molecule has 0 saturated carbocycles. The first-order chi connectivity index (χ1) is 17.6. The topological polar surface area (TPSA) is 81.1 Å². The zero-order valence-electron chi connectivity index (χ0n) is 20.2. The van der Waals surface area contributed by atoms with Crippen LogP contribution >= 0.6 is 11.3 Å². The van der Waals surface area contributed by atoms with Gasteiger partial charge in [0.25, 0.3) is 0 Å². The van der Waals surface area contributed by atoms with Crippen LogP contribution in [0.2, 0.25) is 0 Å². The highest BCUT2D eigenvalue weighted by atomic mass is 32.1. The van der Waals surface area contributed by atoms with Crippen LogP contribution in [0.3, 0.4) is 0 Å². The van der Waals surface area contributed by atoms with Crippen LogP contribution in [0.25, 0.3) is 10.2 Å². The number of carbonyl (C=O) groups is 1. The van der Waals surface area contributed by atoms with Crippen LogP contribution in [0, 0.1) is 0 Å². The number of aromatic nitrogens is 1. The molecule has 1 aliphatic heterocycles. The second-order valence-corrected chi connectivity index (χ2v) is 9.75. The number of aliphatic carboxylic acids is 1. The fraction of sp³-hybridized carbons (Fsp3) is 0.286. The van der Waals surface area contributed by atoms with Crippen molar-refractivity contribution in [3.63, 3.8) is 0 Å². The normalized spacial score (nSPS) is 16.7. The molecule has 186 valence electrons. The first-order valence-corrected chi connectivity index (χ1v) is 12.7. The molecule has 1 fully saturated rings. The highest BCUT2D eigenvalue weighted by Crippen LogP contribution is 2.45. The maximum Gasteiger partial charge on any atom is 0.320 e. The highest BCUT2D eigenvalue weighted by Gasteiger charge is 2.39.